The molecule has 7 heterocycles. The molecule has 0 amide bonds. The maximum Gasteiger partial charge on any atom is 0.239 e. The highest BCUT2D eigenvalue weighted by molar-refractivity contribution is 5.86. The topological polar surface area (TPSA) is 89.6 Å². The molecule has 2 bridgehead atoms. The minimum Gasteiger partial charge on any atom is -0.378 e. The lowest BCUT2D eigenvalue weighted by atomic mass is 10.1. The number of para-hydroxylation sites is 2. The lowest BCUT2D eigenvalue weighted by Crippen LogP contribution is -2.56. The van der Waals surface area contributed by atoms with Gasteiger partial charge in [0.25, 0.3) is 0 Å². The average molecular weight is 530 g/mol. The van der Waals surface area contributed by atoms with E-state index in [9.17, 15) is 0 Å². The van der Waals surface area contributed by atoms with Crippen molar-refractivity contribution in [2.75, 3.05) is 57.5 Å². The van der Waals surface area contributed by atoms with E-state index in [1.807, 2.05) is 12.1 Å². The van der Waals surface area contributed by atoms with Crippen molar-refractivity contribution in [3.05, 3.63) is 35.9 Å². The fourth-order valence-electron chi connectivity index (χ4n) is 6.87. The second-order valence-electron chi connectivity index (χ2n) is 11.3. The molecule has 204 valence electrons. The van der Waals surface area contributed by atoms with Crippen molar-refractivity contribution in [3.63, 3.8) is 0 Å². The molecule has 0 unspecified atom stereocenters. The van der Waals surface area contributed by atoms with Crippen LogP contribution in [0.25, 0.3) is 28.1 Å². The Hall–Kier alpha value is -3.12. The van der Waals surface area contributed by atoms with Gasteiger partial charge in [0.1, 0.15) is 11.6 Å². The summed E-state index contributed by atoms with van der Waals surface area (Å²) in [6.45, 7) is 9.94. The first-order chi connectivity index (χ1) is 19.2. The van der Waals surface area contributed by atoms with Crippen molar-refractivity contribution >= 4 is 28.0 Å². The Labute approximate surface area is 227 Å². The number of fused-ring (bicyclic) bond motifs is 4. The van der Waals surface area contributed by atoms with Crippen molar-refractivity contribution in [3.8, 4) is 5.95 Å². The molecule has 4 aliphatic rings. The average Bonchev–Trinajstić information content (AvgIpc) is 3.70. The van der Waals surface area contributed by atoms with Gasteiger partial charge in [0.05, 0.1) is 50.0 Å². The van der Waals surface area contributed by atoms with Gasteiger partial charge in [-0.1, -0.05) is 19.1 Å². The molecule has 4 aliphatic heterocycles. The fraction of sp³-hybridized carbons (Fsp3) is 0.571. The monoisotopic (exact) mass is 529 g/mol. The molecule has 1 aromatic carbocycles. The van der Waals surface area contributed by atoms with Crippen molar-refractivity contribution in [2.45, 2.75) is 44.4 Å². The van der Waals surface area contributed by atoms with Crippen LogP contribution in [0.15, 0.2) is 24.3 Å². The summed E-state index contributed by atoms with van der Waals surface area (Å²) in [5.74, 6) is 3.55. The molecule has 0 radical (unpaired) electrons. The van der Waals surface area contributed by atoms with Gasteiger partial charge in [0.2, 0.25) is 5.95 Å². The lowest BCUT2D eigenvalue weighted by Gasteiger charge is -2.42. The van der Waals surface area contributed by atoms with Gasteiger partial charge in [-0.15, -0.1) is 0 Å². The first-order valence-corrected chi connectivity index (χ1v) is 14.3. The number of hydrogen-bond acceptors (Lipinski definition) is 9. The van der Waals surface area contributed by atoms with E-state index in [0.29, 0.717) is 37.3 Å². The van der Waals surface area contributed by atoms with Crippen LogP contribution in [0.3, 0.4) is 0 Å². The Balaban J connectivity index is 1.19. The van der Waals surface area contributed by atoms with Gasteiger partial charge in [0.15, 0.2) is 17.0 Å². The standard InChI is InChI=1S/C28H35N9O2/c1-3-23-29-21-6-4-5-7-22(21)37(23)28-31-26-25(27(32-28)34-8-10-38-11-9-34)30-24(33(26)2)15-35-13-19-12-18(35)14-36(19)20-16-39-17-20/h4-7,18-20H,3,8-17H2,1-2H3/t18-,19-/m1/s1. The first kappa shape index (κ1) is 23.7. The maximum atomic E-state index is 5.67. The van der Waals surface area contributed by atoms with Gasteiger partial charge in [-0.3, -0.25) is 14.4 Å². The van der Waals surface area contributed by atoms with Crippen LogP contribution in [0.1, 0.15) is 25.0 Å². The van der Waals surface area contributed by atoms with Crippen LogP contribution in [0.4, 0.5) is 5.82 Å². The van der Waals surface area contributed by atoms with E-state index >= 15 is 0 Å². The third-order valence-electron chi connectivity index (χ3n) is 9.07. The Kier molecular flexibility index (Phi) is 5.62. The number of aryl methyl sites for hydroxylation is 2. The molecule has 8 rings (SSSR count). The molecular weight excluding hydrogens is 494 g/mol. The SMILES string of the molecule is CCc1nc2ccccc2n1-c1nc(N2CCOCC2)c2nc(CN3C[C@H]4C[C@@H]3CN4C3COC3)n(C)c2n1. The molecule has 11 nitrogen and oxygen atoms in total. The van der Waals surface area contributed by atoms with E-state index in [1.54, 1.807) is 0 Å². The largest absolute Gasteiger partial charge is 0.378 e. The summed E-state index contributed by atoms with van der Waals surface area (Å²) in [5.41, 5.74) is 3.73. The minimum atomic E-state index is 0.584. The first-order valence-electron chi connectivity index (χ1n) is 14.3. The number of morpholine rings is 1. The number of hydrogen-bond donors (Lipinski definition) is 0. The van der Waals surface area contributed by atoms with E-state index in [4.69, 9.17) is 29.4 Å². The van der Waals surface area contributed by atoms with Crippen LogP contribution in [-0.4, -0.2) is 110 Å². The highest BCUT2D eigenvalue weighted by atomic mass is 16.5. The molecular formula is C28H35N9O2. The Bertz CT molecular complexity index is 1540. The van der Waals surface area contributed by atoms with Crippen molar-refractivity contribution in [1.29, 1.82) is 0 Å². The van der Waals surface area contributed by atoms with Gasteiger partial charge in [-0.2, -0.15) is 9.97 Å². The Morgan fingerprint density at radius 2 is 1.74 bits per heavy atom. The highest BCUT2D eigenvalue weighted by Crippen LogP contribution is 2.35. The molecule has 4 aromatic rings. The molecule has 0 saturated carbocycles. The van der Waals surface area contributed by atoms with Crippen LogP contribution in [0, 0.1) is 0 Å². The predicted molar refractivity (Wildman–Crippen MR) is 147 cm³/mol. The minimum absolute atomic E-state index is 0.584. The molecule has 0 N–H and O–H groups in total. The number of piperazine rings is 1. The Morgan fingerprint density at radius 3 is 2.49 bits per heavy atom. The number of imidazole rings is 2. The third kappa shape index (κ3) is 3.78. The van der Waals surface area contributed by atoms with Crippen LogP contribution in [0.5, 0.6) is 0 Å². The number of ether oxygens (including phenoxy) is 2. The van der Waals surface area contributed by atoms with Gasteiger partial charge in [-0.25, -0.2) is 9.97 Å². The van der Waals surface area contributed by atoms with Crippen molar-refractivity contribution in [2.24, 2.45) is 7.05 Å². The normalized spacial score (nSPS) is 24.4. The number of aromatic nitrogens is 6. The summed E-state index contributed by atoms with van der Waals surface area (Å²) in [7, 11) is 2.10. The van der Waals surface area contributed by atoms with Crippen LogP contribution < -0.4 is 4.90 Å². The molecule has 4 saturated heterocycles. The van der Waals surface area contributed by atoms with Gasteiger partial charge < -0.3 is 18.9 Å². The Morgan fingerprint density at radius 1 is 0.897 bits per heavy atom. The van der Waals surface area contributed by atoms with E-state index in [1.165, 1.54) is 6.42 Å². The molecule has 4 fully saturated rings. The summed E-state index contributed by atoms with van der Waals surface area (Å²) in [6.07, 6.45) is 2.04. The quantitative estimate of drug-likeness (QED) is 0.371. The van der Waals surface area contributed by atoms with Gasteiger partial charge in [-0.05, 0) is 18.6 Å². The smallest absolute Gasteiger partial charge is 0.239 e. The second kappa shape index (κ2) is 9.22. The zero-order valence-corrected chi connectivity index (χ0v) is 22.7. The summed E-state index contributed by atoms with van der Waals surface area (Å²) >= 11 is 0. The van der Waals surface area contributed by atoms with Gasteiger partial charge >= 0.3 is 0 Å². The number of rotatable bonds is 6. The summed E-state index contributed by atoms with van der Waals surface area (Å²) in [4.78, 5) is 28.0. The van der Waals surface area contributed by atoms with Crippen molar-refractivity contribution in [1.82, 2.24) is 38.9 Å². The van der Waals surface area contributed by atoms with Crippen LogP contribution in [-0.2, 0) is 29.5 Å². The fourth-order valence-corrected chi connectivity index (χ4v) is 6.87. The maximum absolute atomic E-state index is 5.67. The number of benzene rings is 1. The number of likely N-dealkylation sites (tertiary alicyclic amines) is 2. The summed E-state index contributed by atoms with van der Waals surface area (Å²) in [6, 6.07) is 10.1. The molecule has 0 spiro atoms. The zero-order chi connectivity index (χ0) is 26.1. The summed E-state index contributed by atoms with van der Waals surface area (Å²) < 4.78 is 15.4. The molecule has 11 heteroatoms. The molecule has 2 atom stereocenters. The zero-order valence-electron chi connectivity index (χ0n) is 22.7. The van der Waals surface area contributed by atoms with Crippen LogP contribution >= 0.6 is 0 Å². The van der Waals surface area contributed by atoms with E-state index in [-0.39, 0.29) is 0 Å². The second-order valence-corrected chi connectivity index (χ2v) is 11.3. The highest BCUT2D eigenvalue weighted by Gasteiger charge is 2.47. The number of nitrogens with zero attached hydrogens (tertiary/aromatic N) is 9. The van der Waals surface area contributed by atoms with Gasteiger partial charge in [0, 0.05) is 51.7 Å². The van der Waals surface area contributed by atoms with E-state index in [2.05, 4.69) is 49.9 Å². The molecule has 3 aromatic heterocycles. The molecule has 0 aliphatic carbocycles. The predicted octanol–water partition coefficient (Wildman–Crippen LogP) is 1.76. The van der Waals surface area contributed by atoms with Crippen LogP contribution in [0.2, 0.25) is 0 Å². The van der Waals surface area contributed by atoms with E-state index < -0.39 is 0 Å². The van der Waals surface area contributed by atoms with Crippen molar-refractivity contribution < 1.29 is 9.47 Å². The lowest BCUT2D eigenvalue weighted by molar-refractivity contribution is -0.0806. The van der Waals surface area contributed by atoms with E-state index in [0.717, 1.165) is 92.0 Å². The summed E-state index contributed by atoms with van der Waals surface area (Å²) in [5, 5.41) is 0. The number of anilines is 1. The molecule has 39 heavy (non-hydrogen) atoms. The third-order valence-corrected chi connectivity index (χ3v) is 9.07.